The van der Waals surface area contributed by atoms with E-state index >= 15 is 0 Å². The van der Waals surface area contributed by atoms with Crippen LogP contribution >= 0.6 is 0 Å². The van der Waals surface area contributed by atoms with Gasteiger partial charge in [0, 0.05) is 23.1 Å². The molecule has 180 valence electrons. The summed E-state index contributed by atoms with van der Waals surface area (Å²) in [4.78, 5) is 0. The number of hydrogen-bond donors (Lipinski definition) is 0. The Morgan fingerprint density at radius 3 is 1.71 bits per heavy atom. The Labute approximate surface area is 210 Å². The highest BCUT2D eigenvalue weighted by atomic mass is 14.3. The van der Waals surface area contributed by atoms with E-state index in [-0.39, 0.29) is 0 Å². The molecular weight excluding hydrogens is 408 g/mol. The number of unbranched alkanes of at least 4 members (excludes halogenated alkanes) is 5. The third-order valence-electron chi connectivity index (χ3n) is 7.33. The van der Waals surface area contributed by atoms with E-state index in [0.29, 0.717) is 0 Å². The molecule has 1 fully saturated rings. The Kier molecular flexibility index (Phi) is 11.9. The van der Waals surface area contributed by atoms with E-state index in [9.17, 15) is 0 Å². The van der Waals surface area contributed by atoms with E-state index in [4.69, 9.17) is 0 Å². The van der Waals surface area contributed by atoms with E-state index in [0.717, 1.165) is 34.9 Å². The van der Waals surface area contributed by atoms with Crippen molar-refractivity contribution in [3.05, 3.63) is 70.8 Å². The predicted molar refractivity (Wildman–Crippen MR) is 148 cm³/mol. The van der Waals surface area contributed by atoms with Crippen LogP contribution in [0.1, 0.15) is 120 Å². The van der Waals surface area contributed by atoms with Crippen molar-refractivity contribution in [3.8, 4) is 23.7 Å². The van der Waals surface area contributed by atoms with Gasteiger partial charge in [0.2, 0.25) is 0 Å². The van der Waals surface area contributed by atoms with Crippen LogP contribution in [-0.2, 0) is 6.42 Å². The highest BCUT2D eigenvalue weighted by Gasteiger charge is 2.20. The summed E-state index contributed by atoms with van der Waals surface area (Å²) in [5, 5.41) is 0. The second-order valence-corrected chi connectivity index (χ2v) is 10.2. The van der Waals surface area contributed by atoms with Crippen molar-refractivity contribution in [1.82, 2.24) is 0 Å². The molecule has 0 aromatic heterocycles. The normalized spacial score (nSPS) is 17.4. The van der Waals surface area contributed by atoms with E-state index in [1.165, 1.54) is 89.0 Å². The van der Waals surface area contributed by atoms with E-state index in [1.54, 1.807) is 0 Å². The van der Waals surface area contributed by atoms with Crippen molar-refractivity contribution < 1.29 is 0 Å². The van der Waals surface area contributed by atoms with Gasteiger partial charge in [-0.25, -0.2) is 0 Å². The molecule has 0 nitrogen and oxygen atoms in total. The summed E-state index contributed by atoms with van der Waals surface area (Å²) < 4.78 is 0. The van der Waals surface area contributed by atoms with E-state index in [2.05, 4.69) is 86.1 Å². The van der Waals surface area contributed by atoms with E-state index < -0.39 is 0 Å². The van der Waals surface area contributed by atoms with Crippen LogP contribution in [-0.4, -0.2) is 0 Å². The molecule has 0 atom stereocenters. The third-order valence-corrected chi connectivity index (χ3v) is 7.33. The molecule has 0 spiro atoms. The van der Waals surface area contributed by atoms with Crippen LogP contribution in [0.15, 0.2) is 48.5 Å². The summed E-state index contributed by atoms with van der Waals surface area (Å²) in [5.41, 5.74) is 4.68. The fourth-order valence-corrected chi connectivity index (χ4v) is 5.11. The second-order valence-electron chi connectivity index (χ2n) is 10.2. The highest BCUT2D eigenvalue weighted by Crippen LogP contribution is 2.33. The molecule has 1 aliphatic rings. The molecular formula is C34H44. The Balaban J connectivity index is 1.40. The fraction of sp³-hybridized carbons (Fsp3) is 0.529. The van der Waals surface area contributed by atoms with Crippen molar-refractivity contribution in [1.29, 1.82) is 0 Å². The maximum absolute atomic E-state index is 3.32. The molecule has 0 saturated heterocycles. The summed E-state index contributed by atoms with van der Waals surface area (Å²) >= 11 is 0. The minimum absolute atomic E-state index is 0.936. The number of rotatable bonds is 10. The van der Waals surface area contributed by atoms with Gasteiger partial charge in [0.1, 0.15) is 0 Å². The Hall–Kier alpha value is -2.44. The lowest BCUT2D eigenvalue weighted by molar-refractivity contribution is 0.252. The van der Waals surface area contributed by atoms with Gasteiger partial charge in [-0.3, -0.25) is 0 Å². The average Bonchev–Trinajstić information content (AvgIpc) is 2.88. The van der Waals surface area contributed by atoms with Crippen molar-refractivity contribution in [3.63, 3.8) is 0 Å². The summed E-state index contributed by atoms with van der Waals surface area (Å²) in [6.07, 6.45) is 18.6. The summed E-state index contributed by atoms with van der Waals surface area (Å²) in [6, 6.07) is 17.3. The van der Waals surface area contributed by atoms with Crippen molar-refractivity contribution in [2.75, 3.05) is 0 Å². The first kappa shape index (κ1) is 26.2. The molecule has 0 radical (unpaired) electrons. The van der Waals surface area contributed by atoms with Gasteiger partial charge in [-0.15, -0.1) is 0 Å². The van der Waals surface area contributed by atoms with Crippen LogP contribution in [0, 0.1) is 35.5 Å². The van der Waals surface area contributed by atoms with Crippen molar-refractivity contribution in [2.45, 2.75) is 104 Å². The third kappa shape index (κ3) is 9.82. The summed E-state index contributed by atoms with van der Waals surface area (Å²) in [7, 11) is 0. The molecule has 0 heterocycles. The number of benzene rings is 2. The largest absolute Gasteiger partial charge is 0.0979 e. The summed E-state index contributed by atoms with van der Waals surface area (Å²) in [6.45, 7) is 4.58. The predicted octanol–water partition coefficient (Wildman–Crippen LogP) is 9.34. The van der Waals surface area contributed by atoms with Crippen LogP contribution in [0.25, 0.3) is 0 Å². The van der Waals surface area contributed by atoms with Crippen LogP contribution < -0.4 is 0 Å². The molecule has 1 aliphatic carbocycles. The molecule has 1 saturated carbocycles. The van der Waals surface area contributed by atoms with Crippen LogP contribution in [0.3, 0.4) is 0 Å². The maximum Gasteiger partial charge on any atom is 0.0249 e. The standard InChI is InChI=1S/C34H44/c1-3-5-6-7-8-9-10-12-30-15-19-32(20-16-30)22-24-34-27-25-33(26-28-34)23-21-31-17-13-29(11-4-2)14-18-31/h15-16,19-20,25-29,31H,3-9,11,13-14,17-18,21,23H2,1-2H3/t29-,31-. The summed E-state index contributed by atoms with van der Waals surface area (Å²) in [5.74, 6) is 15.2. The Morgan fingerprint density at radius 1 is 0.588 bits per heavy atom. The first-order chi connectivity index (χ1) is 16.8. The topological polar surface area (TPSA) is 0 Å². The molecule has 0 aliphatic heterocycles. The number of hydrogen-bond acceptors (Lipinski definition) is 0. The van der Waals surface area contributed by atoms with Gasteiger partial charge < -0.3 is 0 Å². The molecule has 0 amide bonds. The zero-order valence-electron chi connectivity index (χ0n) is 21.7. The quantitative estimate of drug-likeness (QED) is 0.249. The zero-order valence-corrected chi connectivity index (χ0v) is 21.7. The van der Waals surface area contributed by atoms with Gasteiger partial charge in [0.05, 0.1) is 0 Å². The Bertz CT molecular complexity index is 932. The van der Waals surface area contributed by atoms with Gasteiger partial charge in [0.15, 0.2) is 0 Å². The van der Waals surface area contributed by atoms with Gasteiger partial charge in [-0.05, 0) is 73.1 Å². The molecule has 2 aromatic carbocycles. The van der Waals surface area contributed by atoms with Gasteiger partial charge in [0.25, 0.3) is 0 Å². The lowest BCUT2D eigenvalue weighted by Crippen LogP contribution is -2.15. The molecule has 0 bridgehead atoms. The molecule has 3 rings (SSSR count). The zero-order chi connectivity index (χ0) is 23.8. The van der Waals surface area contributed by atoms with Crippen molar-refractivity contribution >= 4 is 0 Å². The molecule has 0 heteroatoms. The van der Waals surface area contributed by atoms with Crippen LogP contribution in [0.4, 0.5) is 0 Å². The minimum Gasteiger partial charge on any atom is -0.0979 e. The maximum atomic E-state index is 3.32. The van der Waals surface area contributed by atoms with Crippen molar-refractivity contribution in [2.24, 2.45) is 11.8 Å². The average molecular weight is 453 g/mol. The molecule has 0 unspecified atom stereocenters. The molecule has 2 aromatic rings. The fourth-order valence-electron chi connectivity index (χ4n) is 5.11. The SMILES string of the molecule is CCCCCCCC#Cc1ccc(C#Cc2ccc(CC[C@H]3CC[C@H](CCC)CC3)cc2)cc1. The first-order valence-corrected chi connectivity index (χ1v) is 14.0. The highest BCUT2D eigenvalue weighted by molar-refractivity contribution is 5.46. The number of aryl methyl sites for hydroxylation is 1. The van der Waals surface area contributed by atoms with Crippen LogP contribution in [0.5, 0.6) is 0 Å². The lowest BCUT2D eigenvalue weighted by Gasteiger charge is -2.28. The van der Waals surface area contributed by atoms with E-state index in [1.807, 2.05) is 0 Å². The van der Waals surface area contributed by atoms with Gasteiger partial charge >= 0.3 is 0 Å². The molecule has 34 heavy (non-hydrogen) atoms. The Morgan fingerprint density at radius 2 is 1.12 bits per heavy atom. The van der Waals surface area contributed by atoms with Gasteiger partial charge in [-0.2, -0.15) is 0 Å². The second kappa shape index (κ2) is 15.5. The van der Waals surface area contributed by atoms with Crippen LogP contribution in [0.2, 0.25) is 0 Å². The molecule has 0 N–H and O–H groups in total. The van der Waals surface area contributed by atoms with Gasteiger partial charge in [-0.1, -0.05) is 114 Å². The first-order valence-electron chi connectivity index (χ1n) is 14.0. The monoisotopic (exact) mass is 452 g/mol. The smallest absolute Gasteiger partial charge is 0.0249 e. The minimum atomic E-state index is 0.936. The lowest BCUT2D eigenvalue weighted by atomic mass is 9.78.